The first-order valence-electron chi connectivity index (χ1n) is 4.90. The highest BCUT2D eigenvalue weighted by molar-refractivity contribution is 5.85. The van der Waals surface area contributed by atoms with Crippen molar-refractivity contribution in [1.29, 1.82) is 0 Å². The van der Waals surface area contributed by atoms with Gasteiger partial charge >= 0.3 is 0 Å². The summed E-state index contributed by atoms with van der Waals surface area (Å²) in [4.78, 5) is 11.0. The van der Waals surface area contributed by atoms with Crippen LogP contribution in [0.1, 0.15) is 0 Å². The van der Waals surface area contributed by atoms with Crippen molar-refractivity contribution in [3.05, 3.63) is 48.5 Å². The quantitative estimate of drug-likeness (QED) is 0.675. The fraction of sp³-hybridized carbons (Fsp3) is 0. The lowest BCUT2D eigenvalue weighted by atomic mass is 10.2. The highest BCUT2D eigenvalue weighted by Crippen LogP contribution is 2.25. The maximum absolute atomic E-state index is 14.0. The molecule has 0 fully saturated rings. The molecule has 1 aromatic carbocycles. The second-order valence-electron chi connectivity index (χ2n) is 3.43. The first-order valence-corrected chi connectivity index (χ1v) is 4.90. The number of nitrogens with one attached hydrogen (secondary N) is 1. The zero-order chi connectivity index (χ0) is 11.0. The van der Waals surface area contributed by atoms with Crippen LogP contribution in [-0.4, -0.2) is 15.0 Å². The van der Waals surface area contributed by atoms with E-state index >= 15 is 0 Å². The summed E-state index contributed by atoms with van der Waals surface area (Å²) in [6.45, 7) is 0. The van der Waals surface area contributed by atoms with Gasteiger partial charge in [0.2, 0.25) is 0 Å². The molecule has 0 amide bonds. The van der Waals surface area contributed by atoms with Gasteiger partial charge < -0.3 is 4.98 Å². The summed E-state index contributed by atoms with van der Waals surface area (Å²) in [5, 5.41) is 0.560. The molecule has 2 heterocycles. The predicted octanol–water partition coefficient (Wildman–Crippen LogP) is 2.76. The summed E-state index contributed by atoms with van der Waals surface area (Å²) in [5.41, 5.74) is 1.09. The van der Waals surface area contributed by atoms with Crippen LogP contribution in [0.3, 0.4) is 0 Å². The third-order valence-electron chi connectivity index (χ3n) is 2.43. The minimum absolute atomic E-state index is 0.304. The normalized spacial score (nSPS) is 10.8. The third-order valence-corrected chi connectivity index (χ3v) is 2.43. The van der Waals surface area contributed by atoms with Gasteiger partial charge in [0.1, 0.15) is 5.69 Å². The van der Waals surface area contributed by atoms with Crippen LogP contribution in [0.15, 0.2) is 42.7 Å². The number of nitrogens with zero attached hydrogens (tertiary/aromatic N) is 2. The molecule has 0 aliphatic rings. The van der Waals surface area contributed by atoms with E-state index < -0.39 is 0 Å². The van der Waals surface area contributed by atoms with Crippen molar-refractivity contribution in [2.45, 2.75) is 0 Å². The van der Waals surface area contributed by atoms with Crippen molar-refractivity contribution in [2.24, 2.45) is 0 Å². The molecule has 0 radical (unpaired) electrons. The van der Waals surface area contributed by atoms with E-state index in [0.717, 1.165) is 5.52 Å². The number of rotatable bonds is 1. The van der Waals surface area contributed by atoms with Gasteiger partial charge in [-0.2, -0.15) is 0 Å². The van der Waals surface area contributed by atoms with Crippen LogP contribution < -0.4 is 0 Å². The van der Waals surface area contributed by atoms with Gasteiger partial charge in [-0.05, 0) is 18.2 Å². The molecule has 78 valence electrons. The summed E-state index contributed by atoms with van der Waals surface area (Å²) in [7, 11) is 0. The minimum atomic E-state index is -0.304. The zero-order valence-electron chi connectivity index (χ0n) is 8.31. The summed E-state index contributed by atoms with van der Waals surface area (Å²) < 4.78 is 14.0. The van der Waals surface area contributed by atoms with Crippen LogP contribution in [0.5, 0.6) is 0 Å². The minimum Gasteiger partial charge on any atom is -0.349 e. The monoisotopic (exact) mass is 213 g/mol. The summed E-state index contributed by atoms with van der Waals surface area (Å²) in [5.74, 6) is 0.0676. The highest BCUT2D eigenvalue weighted by Gasteiger charge is 2.13. The molecule has 3 aromatic rings. The van der Waals surface area contributed by atoms with E-state index in [-0.39, 0.29) is 5.82 Å². The van der Waals surface area contributed by atoms with Crippen molar-refractivity contribution in [3.63, 3.8) is 0 Å². The summed E-state index contributed by atoms with van der Waals surface area (Å²) >= 11 is 0. The Labute approximate surface area is 91.0 Å². The summed E-state index contributed by atoms with van der Waals surface area (Å²) in [6.07, 6.45) is 3.18. The van der Waals surface area contributed by atoms with Crippen molar-refractivity contribution >= 4 is 10.9 Å². The Morgan fingerprint density at radius 1 is 1.00 bits per heavy atom. The van der Waals surface area contributed by atoms with Gasteiger partial charge in [0, 0.05) is 23.3 Å². The Bertz CT molecular complexity index is 631. The molecule has 0 saturated carbocycles. The molecular weight excluding hydrogens is 205 g/mol. The molecule has 0 aliphatic heterocycles. The first kappa shape index (κ1) is 9.03. The van der Waals surface area contributed by atoms with E-state index in [0.29, 0.717) is 16.9 Å². The second kappa shape index (κ2) is 3.41. The Balaban J connectivity index is 2.29. The number of para-hydroxylation sites is 1. The maximum Gasteiger partial charge on any atom is 0.178 e. The molecule has 2 aromatic heterocycles. The second-order valence-corrected chi connectivity index (χ2v) is 3.43. The van der Waals surface area contributed by atoms with E-state index in [9.17, 15) is 4.39 Å². The molecule has 3 nitrogen and oxygen atoms in total. The van der Waals surface area contributed by atoms with Crippen LogP contribution in [0.25, 0.3) is 22.4 Å². The van der Waals surface area contributed by atoms with Crippen LogP contribution in [0.2, 0.25) is 0 Å². The van der Waals surface area contributed by atoms with Crippen molar-refractivity contribution < 1.29 is 4.39 Å². The number of benzene rings is 1. The van der Waals surface area contributed by atoms with Gasteiger partial charge in [0.05, 0.1) is 0 Å². The maximum atomic E-state index is 14.0. The van der Waals surface area contributed by atoms with Crippen LogP contribution in [0, 0.1) is 5.82 Å². The van der Waals surface area contributed by atoms with E-state index in [2.05, 4.69) is 15.0 Å². The summed E-state index contributed by atoms with van der Waals surface area (Å²) in [6, 6.07) is 8.91. The molecule has 0 saturated heterocycles. The fourth-order valence-electron chi connectivity index (χ4n) is 1.69. The third kappa shape index (κ3) is 1.27. The van der Waals surface area contributed by atoms with Gasteiger partial charge in [-0.25, -0.2) is 14.4 Å². The number of H-pyrrole nitrogens is 1. The van der Waals surface area contributed by atoms with Gasteiger partial charge in [-0.1, -0.05) is 12.1 Å². The highest BCUT2D eigenvalue weighted by atomic mass is 19.1. The first-order chi connectivity index (χ1) is 7.86. The standard InChI is InChI=1S/C12H8FN3/c13-10-8-4-1-2-5-9(8)16-11(10)12-14-6-3-7-15-12/h1-7,16H. The van der Waals surface area contributed by atoms with E-state index in [1.807, 2.05) is 12.1 Å². The average Bonchev–Trinajstić information content (AvgIpc) is 2.69. The van der Waals surface area contributed by atoms with Gasteiger partial charge in [-0.3, -0.25) is 0 Å². The Morgan fingerprint density at radius 3 is 2.50 bits per heavy atom. The number of halogens is 1. The fourth-order valence-corrected chi connectivity index (χ4v) is 1.69. The Morgan fingerprint density at radius 2 is 1.75 bits per heavy atom. The zero-order valence-corrected chi connectivity index (χ0v) is 8.31. The lowest BCUT2D eigenvalue weighted by Crippen LogP contribution is -1.88. The molecule has 4 heteroatoms. The smallest absolute Gasteiger partial charge is 0.178 e. The van der Waals surface area contributed by atoms with E-state index in [4.69, 9.17) is 0 Å². The SMILES string of the molecule is Fc1c(-c2ncccn2)[nH]c2ccccc12. The lowest BCUT2D eigenvalue weighted by molar-refractivity contribution is 0.641. The van der Waals surface area contributed by atoms with Crippen LogP contribution in [-0.2, 0) is 0 Å². The molecule has 0 aliphatic carbocycles. The lowest BCUT2D eigenvalue weighted by Gasteiger charge is -1.94. The average molecular weight is 213 g/mol. The number of hydrogen-bond acceptors (Lipinski definition) is 2. The number of aromatic nitrogens is 3. The van der Waals surface area contributed by atoms with Crippen molar-refractivity contribution in [2.75, 3.05) is 0 Å². The van der Waals surface area contributed by atoms with Crippen LogP contribution >= 0.6 is 0 Å². The van der Waals surface area contributed by atoms with E-state index in [1.165, 1.54) is 0 Å². The molecule has 0 unspecified atom stereocenters. The molecule has 16 heavy (non-hydrogen) atoms. The molecule has 0 spiro atoms. The number of aromatic amines is 1. The van der Waals surface area contributed by atoms with Crippen molar-refractivity contribution in [3.8, 4) is 11.5 Å². The molecule has 0 bridgehead atoms. The van der Waals surface area contributed by atoms with Crippen LogP contribution in [0.4, 0.5) is 4.39 Å². The molecule has 1 N–H and O–H groups in total. The topological polar surface area (TPSA) is 41.6 Å². The molecule has 0 atom stereocenters. The van der Waals surface area contributed by atoms with Crippen molar-refractivity contribution in [1.82, 2.24) is 15.0 Å². The Hall–Kier alpha value is -2.23. The number of hydrogen-bond donors (Lipinski definition) is 1. The Kier molecular flexibility index (Phi) is 1.93. The molecular formula is C12H8FN3. The van der Waals surface area contributed by atoms with E-state index in [1.54, 1.807) is 30.6 Å². The van der Waals surface area contributed by atoms with Gasteiger partial charge in [0.25, 0.3) is 0 Å². The predicted molar refractivity (Wildman–Crippen MR) is 59.3 cm³/mol. The molecule has 3 rings (SSSR count). The van der Waals surface area contributed by atoms with Gasteiger partial charge in [-0.15, -0.1) is 0 Å². The van der Waals surface area contributed by atoms with Gasteiger partial charge in [0.15, 0.2) is 11.6 Å². The largest absolute Gasteiger partial charge is 0.349 e. The number of fused-ring (bicyclic) bond motifs is 1.